The van der Waals surface area contributed by atoms with Crippen LogP contribution in [0.5, 0.6) is 0 Å². The molecule has 150 heavy (non-hydrogen) atoms. The van der Waals surface area contributed by atoms with Crippen molar-refractivity contribution < 1.29 is 0 Å². The summed E-state index contributed by atoms with van der Waals surface area (Å²) >= 11 is 0. The highest BCUT2D eigenvalue weighted by atomic mass is 15.0. The predicted molar refractivity (Wildman–Crippen MR) is 681 cm³/mol. The fourth-order valence-electron chi connectivity index (χ4n) is 24.0. The van der Waals surface area contributed by atoms with Gasteiger partial charge in [0.05, 0.1) is 27.6 Å². The molecule has 4 nitrogen and oxygen atoms in total. The van der Waals surface area contributed by atoms with Crippen molar-refractivity contribution in [3.8, 4) is 44.5 Å². The fourth-order valence-corrected chi connectivity index (χ4v) is 24.0. The van der Waals surface area contributed by atoms with Crippen molar-refractivity contribution in [2.24, 2.45) is 0 Å². The minimum absolute atomic E-state index is 0. The van der Waals surface area contributed by atoms with Gasteiger partial charge in [0.15, 0.2) is 0 Å². The van der Waals surface area contributed by atoms with Crippen LogP contribution in [0.25, 0.3) is 229 Å². The Labute approximate surface area is 897 Å². The van der Waals surface area contributed by atoms with E-state index in [0.717, 1.165) is 51.9 Å². The number of rotatable bonds is 4. The van der Waals surface area contributed by atoms with Crippen LogP contribution in [0.15, 0.2) is 352 Å². The van der Waals surface area contributed by atoms with Crippen molar-refractivity contribution in [1.82, 2.24) is 18.3 Å². The number of hydrogen-bond acceptors (Lipinski definition) is 0. The van der Waals surface area contributed by atoms with E-state index >= 15 is 0 Å². The molecule has 0 aliphatic heterocycles. The van der Waals surface area contributed by atoms with Gasteiger partial charge in [0.25, 0.3) is 0 Å². The summed E-state index contributed by atoms with van der Waals surface area (Å²) in [6.07, 6.45) is 4.06. The van der Waals surface area contributed by atoms with E-state index in [1.165, 1.54) is 273 Å². The standard InChI is InChI=1S/C33H23N.3C29H21N.12C2H6.2CH4/c1-2-34-32-26-17-9-6-14-23(26)22-13-5-8-16-25(22)30(32)31-29-21-12-4-3-11-20(21)19-28(29)24-15-7-10-18-27(24)33(31)34;1-2-30-25-16-15-18-9-3-5-11-20(18)27(25)28-26-21-12-6-4-10-19(21)17-24(26)22-13-7-8-14-23(22)29(28)30;1-2-30-26-17-19-10-4-3-9-18(19)15-25(26)28-27-21-12-6-5-11-20(21)16-24(27)22-13-7-8-14-23(22)29(28)30;1-2-30-26-14-8-7-13-23(26)28-27-21-16-15-18-9-3-4-10-19(18)24(21)17-25(27)20-11-5-6-12-22(20)29(28)30;12*1-2;;/h3-18H,2,19H2,1H3;3-16H,2,17H2,1H3;3-15,17H,2,16H2,1H3;3-16H,2,17H2,1H3;12*1-2H3;2*1H4. The Bertz CT molecular complexity index is 8980. The molecule has 21 aromatic carbocycles. The number of aromatic nitrogens is 4. The van der Waals surface area contributed by atoms with E-state index in [1.807, 2.05) is 166 Å². The first-order valence-corrected chi connectivity index (χ1v) is 56.7. The van der Waals surface area contributed by atoms with Crippen molar-refractivity contribution in [2.45, 2.75) is 261 Å². The molecule has 25 aromatic rings. The van der Waals surface area contributed by atoms with Gasteiger partial charge in [0.1, 0.15) is 0 Å². The number of fused-ring (bicyclic) bond motifs is 50. The Morgan fingerprint density at radius 1 is 0.160 bits per heavy atom. The highest BCUT2D eigenvalue weighted by Gasteiger charge is 2.34. The molecule has 4 aromatic heterocycles. The van der Waals surface area contributed by atoms with Crippen LogP contribution in [0.1, 0.15) is 253 Å². The lowest BCUT2D eigenvalue weighted by atomic mass is 9.91. The van der Waals surface area contributed by atoms with Gasteiger partial charge in [-0.1, -0.05) is 509 Å². The topological polar surface area (TPSA) is 19.7 Å². The third kappa shape index (κ3) is 19.0. The molecule has 0 N–H and O–H groups in total. The third-order valence-electron chi connectivity index (χ3n) is 28.9. The highest BCUT2D eigenvalue weighted by Crippen LogP contribution is 2.57. The van der Waals surface area contributed by atoms with Crippen LogP contribution in [-0.4, -0.2) is 18.3 Å². The number of para-hydroxylation sites is 1. The zero-order valence-corrected chi connectivity index (χ0v) is 93.9. The average molecular weight is 1980 g/mol. The van der Waals surface area contributed by atoms with Gasteiger partial charge in [-0.15, -0.1) is 0 Å². The summed E-state index contributed by atoms with van der Waals surface area (Å²) in [6, 6.07) is 130. The zero-order valence-electron chi connectivity index (χ0n) is 93.9. The molecule has 4 heterocycles. The lowest BCUT2D eigenvalue weighted by Crippen LogP contribution is -1.96. The zero-order chi connectivity index (χ0) is 106. The van der Waals surface area contributed by atoms with Crippen LogP contribution in [0.4, 0.5) is 0 Å². The van der Waals surface area contributed by atoms with Crippen LogP contribution in [-0.2, 0) is 51.9 Å². The highest BCUT2D eigenvalue weighted by molar-refractivity contribution is 6.38. The third-order valence-corrected chi connectivity index (χ3v) is 28.9. The molecule has 0 bridgehead atoms. The molecule has 0 spiro atoms. The normalized spacial score (nSPS) is 11.1. The number of aryl methyl sites for hydroxylation is 4. The Morgan fingerprint density at radius 2 is 0.427 bits per heavy atom. The van der Waals surface area contributed by atoms with Crippen molar-refractivity contribution in [3.05, 3.63) is 396 Å². The Kier molecular flexibility index (Phi) is 39.7. The monoisotopic (exact) mass is 1980 g/mol. The first kappa shape index (κ1) is 114. The second-order valence-corrected chi connectivity index (χ2v) is 34.7. The van der Waals surface area contributed by atoms with Gasteiger partial charge < -0.3 is 18.3 Å². The summed E-state index contributed by atoms with van der Waals surface area (Å²) in [6.45, 7) is 60.9. The Balaban J connectivity index is 0.000000165. The first-order chi connectivity index (χ1) is 73.4. The van der Waals surface area contributed by atoms with Gasteiger partial charge in [-0.25, -0.2) is 0 Å². The van der Waals surface area contributed by atoms with Crippen LogP contribution < -0.4 is 0 Å². The number of nitrogens with zero attached hydrogens (tertiary/aromatic N) is 4. The molecule has 4 heteroatoms. The summed E-state index contributed by atoms with van der Waals surface area (Å²) in [5.41, 5.74) is 34.1. The smallest absolute Gasteiger partial charge is 0.0577 e. The van der Waals surface area contributed by atoms with Crippen LogP contribution in [0.3, 0.4) is 0 Å². The molecule has 0 saturated carbocycles. The maximum atomic E-state index is 2.59. The Hall–Kier alpha value is -14.8. The molecule has 4 aliphatic carbocycles. The second kappa shape index (κ2) is 52.4. The van der Waals surface area contributed by atoms with E-state index in [2.05, 4.69) is 398 Å². The molecule has 4 aliphatic rings. The van der Waals surface area contributed by atoms with Crippen molar-refractivity contribution in [1.29, 1.82) is 0 Å². The van der Waals surface area contributed by atoms with Crippen LogP contribution >= 0.6 is 0 Å². The maximum Gasteiger partial charge on any atom is 0.0577 e. The number of benzene rings is 21. The summed E-state index contributed by atoms with van der Waals surface area (Å²) in [5, 5.41) is 35.8. The van der Waals surface area contributed by atoms with Crippen molar-refractivity contribution in [3.63, 3.8) is 0 Å². The lowest BCUT2D eigenvalue weighted by Gasteiger charge is -2.12. The van der Waals surface area contributed by atoms with E-state index in [1.54, 1.807) is 0 Å². The van der Waals surface area contributed by atoms with E-state index in [4.69, 9.17) is 0 Å². The number of hydrogen-bond donors (Lipinski definition) is 0. The maximum absolute atomic E-state index is 2.59. The van der Waals surface area contributed by atoms with Gasteiger partial charge in [0.2, 0.25) is 0 Å². The van der Waals surface area contributed by atoms with Crippen LogP contribution in [0, 0.1) is 0 Å². The van der Waals surface area contributed by atoms with Crippen molar-refractivity contribution >= 4 is 184 Å². The summed E-state index contributed by atoms with van der Waals surface area (Å²) in [5.74, 6) is 0. The first-order valence-electron chi connectivity index (χ1n) is 56.7. The van der Waals surface area contributed by atoms with Gasteiger partial charge in [-0.3, -0.25) is 0 Å². The molecule has 0 unspecified atom stereocenters. The van der Waals surface area contributed by atoms with Gasteiger partial charge >= 0.3 is 0 Å². The lowest BCUT2D eigenvalue weighted by molar-refractivity contribution is 0.829. The molecular formula is C146H166N4. The molecule has 770 valence electrons. The van der Waals surface area contributed by atoms with Gasteiger partial charge in [-0.2, -0.15) is 0 Å². The molecule has 0 atom stereocenters. The minimum atomic E-state index is 0. The van der Waals surface area contributed by atoms with E-state index in [0.29, 0.717) is 0 Å². The van der Waals surface area contributed by atoms with Crippen molar-refractivity contribution in [2.75, 3.05) is 0 Å². The Morgan fingerprint density at radius 3 is 0.860 bits per heavy atom. The largest absolute Gasteiger partial charge is 0.340 e. The second-order valence-electron chi connectivity index (χ2n) is 34.7. The summed E-state index contributed by atoms with van der Waals surface area (Å²) in [4.78, 5) is 0. The molecule has 0 fully saturated rings. The van der Waals surface area contributed by atoms with E-state index in [-0.39, 0.29) is 14.9 Å². The van der Waals surface area contributed by atoms with Gasteiger partial charge in [-0.05, 0) is 237 Å². The minimum Gasteiger partial charge on any atom is -0.340 e. The molecule has 0 radical (unpaired) electrons. The van der Waals surface area contributed by atoms with Gasteiger partial charge in [0, 0.05) is 113 Å². The molecule has 0 saturated heterocycles. The quantitative estimate of drug-likeness (QED) is 0.157. The van der Waals surface area contributed by atoms with E-state index in [9.17, 15) is 0 Å². The summed E-state index contributed by atoms with van der Waals surface area (Å²) < 4.78 is 10.1. The van der Waals surface area contributed by atoms with E-state index < -0.39 is 0 Å². The van der Waals surface area contributed by atoms with Crippen LogP contribution in [0.2, 0.25) is 0 Å². The fraction of sp³-hybridized carbons (Fsp3) is 0.260. The molecular weight excluding hydrogens is 1810 g/mol. The molecule has 0 amide bonds. The average Bonchev–Trinajstić information content (AvgIpc) is 1.52. The molecule has 29 rings (SSSR count). The predicted octanol–water partition coefficient (Wildman–Crippen LogP) is 45.5. The summed E-state index contributed by atoms with van der Waals surface area (Å²) in [7, 11) is 0. The SMILES string of the molecule is C.C.CC.CC.CC.CC.CC.CC.CC.CC.CC.CC.CC.CC.CCn1c2c3ccccc3c3c(c2c2c4ccccc4c4ccccc4c21)-c1ccccc1C3.CCn1c2cc3ccccc3cc2c2c3c(c4ccccc4c21)Cc1ccccc1-3.CCn1c2ccc3ccccc3c2c2c3c(c4ccccc4c21)Cc1ccccc1-3.CCn1c2ccccc2c2c3c(c4ccccc4c21)Cc1c-3ccc2ccccc12.